The molecule has 28 heavy (non-hydrogen) atoms. The van der Waals surface area contributed by atoms with Gasteiger partial charge in [0.15, 0.2) is 11.5 Å². The van der Waals surface area contributed by atoms with E-state index in [0.29, 0.717) is 35.1 Å². The number of rotatable bonds is 5. The minimum absolute atomic E-state index is 0.00119. The van der Waals surface area contributed by atoms with Gasteiger partial charge in [-0.15, -0.1) is 0 Å². The number of nitrogens with zero attached hydrogens (tertiary/aromatic N) is 1. The fourth-order valence-corrected chi connectivity index (χ4v) is 4.36. The standard InChI is InChI=1S/C22H24N2O4/c1-27-19-9-8-15(11-20(19)28-2)22(26)24-13-16-10-17(24)12-18(16)23-21(25)14-6-4-3-5-7-14/h3-9,11,16-18H,10,12-13H2,1-2H3,(H,23,25)/t16-,17-,18-/m0/s1. The van der Waals surface area contributed by atoms with E-state index in [1.165, 1.54) is 0 Å². The summed E-state index contributed by atoms with van der Waals surface area (Å²) in [6, 6.07) is 14.8. The summed E-state index contributed by atoms with van der Waals surface area (Å²) >= 11 is 0. The molecule has 1 aliphatic heterocycles. The molecule has 2 aromatic carbocycles. The third-order valence-electron chi connectivity index (χ3n) is 5.79. The van der Waals surface area contributed by atoms with Crippen molar-refractivity contribution >= 4 is 11.8 Å². The largest absolute Gasteiger partial charge is 0.493 e. The fraction of sp³-hybridized carbons (Fsp3) is 0.364. The number of amides is 2. The van der Waals surface area contributed by atoms with Gasteiger partial charge >= 0.3 is 0 Å². The minimum Gasteiger partial charge on any atom is -0.493 e. The Labute approximate surface area is 164 Å². The van der Waals surface area contributed by atoms with Crippen molar-refractivity contribution in [2.45, 2.75) is 24.9 Å². The van der Waals surface area contributed by atoms with Gasteiger partial charge in [-0.1, -0.05) is 18.2 Å². The topological polar surface area (TPSA) is 67.9 Å². The summed E-state index contributed by atoms with van der Waals surface area (Å²) in [4.78, 5) is 27.4. The van der Waals surface area contributed by atoms with Crippen LogP contribution in [-0.4, -0.2) is 49.6 Å². The first kappa shape index (κ1) is 18.3. The predicted octanol–water partition coefficient (Wildman–Crippen LogP) is 2.74. The molecule has 0 radical (unpaired) electrons. The summed E-state index contributed by atoms with van der Waals surface area (Å²) in [7, 11) is 3.13. The van der Waals surface area contributed by atoms with E-state index in [-0.39, 0.29) is 23.9 Å². The summed E-state index contributed by atoms with van der Waals surface area (Å²) < 4.78 is 10.6. The quantitative estimate of drug-likeness (QED) is 0.866. The Bertz CT molecular complexity index is 883. The maximum absolute atomic E-state index is 13.0. The molecule has 0 unspecified atom stereocenters. The van der Waals surface area contributed by atoms with Crippen LogP contribution in [0, 0.1) is 5.92 Å². The van der Waals surface area contributed by atoms with Crippen LogP contribution in [0.25, 0.3) is 0 Å². The Kier molecular flexibility index (Phi) is 4.94. The molecule has 146 valence electrons. The van der Waals surface area contributed by atoms with Crippen molar-refractivity contribution in [3.8, 4) is 11.5 Å². The van der Waals surface area contributed by atoms with E-state index >= 15 is 0 Å². The van der Waals surface area contributed by atoms with Gasteiger partial charge in [0.25, 0.3) is 11.8 Å². The molecule has 1 saturated carbocycles. The van der Waals surface area contributed by atoms with Gasteiger partial charge in [-0.05, 0) is 49.1 Å². The molecule has 6 heteroatoms. The Morgan fingerprint density at radius 3 is 2.36 bits per heavy atom. The summed E-state index contributed by atoms with van der Waals surface area (Å²) in [6.07, 6.45) is 1.72. The summed E-state index contributed by atoms with van der Waals surface area (Å²) in [5, 5.41) is 3.15. The number of piperidine rings is 1. The van der Waals surface area contributed by atoms with E-state index in [2.05, 4.69) is 5.32 Å². The zero-order chi connectivity index (χ0) is 19.7. The molecular formula is C22H24N2O4. The van der Waals surface area contributed by atoms with E-state index in [4.69, 9.17) is 9.47 Å². The van der Waals surface area contributed by atoms with Crippen LogP contribution in [0.15, 0.2) is 48.5 Å². The molecule has 3 atom stereocenters. The number of ether oxygens (including phenoxy) is 2. The number of hydrogen-bond donors (Lipinski definition) is 1. The fourth-order valence-electron chi connectivity index (χ4n) is 4.36. The van der Waals surface area contributed by atoms with Crippen LogP contribution in [0.1, 0.15) is 33.6 Å². The van der Waals surface area contributed by atoms with E-state index in [0.717, 1.165) is 12.8 Å². The van der Waals surface area contributed by atoms with Gasteiger partial charge in [-0.25, -0.2) is 0 Å². The van der Waals surface area contributed by atoms with Crippen LogP contribution in [0.4, 0.5) is 0 Å². The van der Waals surface area contributed by atoms with Gasteiger partial charge in [0.2, 0.25) is 0 Å². The molecular weight excluding hydrogens is 356 g/mol. The molecule has 2 fully saturated rings. The van der Waals surface area contributed by atoms with E-state index in [1.54, 1.807) is 32.4 Å². The molecule has 1 N–H and O–H groups in total. The highest BCUT2D eigenvalue weighted by molar-refractivity contribution is 5.96. The van der Waals surface area contributed by atoms with Gasteiger partial charge in [0.1, 0.15) is 0 Å². The lowest BCUT2D eigenvalue weighted by Gasteiger charge is -2.32. The molecule has 0 spiro atoms. The highest BCUT2D eigenvalue weighted by atomic mass is 16.5. The molecule has 2 bridgehead atoms. The van der Waals surface area contributed by atoms with Gasteiger partial charge in [0, 0.05) is 29.8 Å². The predicted molar refractivity (Wildman–Crippen MR) is 105 cm³/mol. The lowest BCUT2D eigenvalue weighted by atomic mass is 10.0. The molecule has 1 aliphatic carbocycles. The van der Waals surface area contributed by atoms with Crippen molar-refractivity contribution < 1.29 is 19.1 Å². The SMILES string of the molecule is COc1ccc(C(=O)N2C[C@@H]3C[C@H]2C[C@@H]3NC(=O)c2ccccc2)cc1OC. The van der Waals surface area contributed by atoms with Crippen molar-refractivity contribution in [1.29, 1.82) is 0 Å². The third-order valence-corrected chi connectivity index (χ3v) is 5.79. The van der Waals surface area contributed by atoms with Crippen molar-refractivity contribution in [3.63, 3.8) is 0 Å². The first-order chi connectivity index (χ1) is 13.6. The lowest BCUT2D eigenvalue weighted by molar-refractivity contribution is 0.0679. The summed E-state index contributed by atoms with van der Waals surface area (Å²) in [5.41, 5.74) is 1.26. The molecule has 0 aromatic heterocycles. The zero-order valence-electron chi connectivity index (χ0n) is 16.1. The number of hydrogen-bond acceptors (Lipinski definition) is 4. The lowest BCUT2D eigenvalue weighted by Crippen LogP contribution is -2.47. The van der Waals surface area contributed by atoms with Crippen LogP contribution in [0.5, 0.6) is 11.5 Å². The molecule has 2 amide bonds. The van der Waals surface area contributed by atoms with E-state index in [1.807, 2.05) is 35.2 Å². The van der Waals surface area contributed by atoms with Crippen molar-refractivity contribution in [1.82, 2.24) is 10.2 Å². The highest BCUT2D eigenvalue weighted by Crippen LogP contribution is 2.39. The maximum atomic E-state index is 13.0. The van der Waals surface area contributed by atoms with E-state index in [9.17, 15) is 9.59 Å². The highest BCUT2D eigenvalue weighted by Gasteiger charge is 2.47. The van der Waals surface area contributed by atoms with Crippen molar-refractivity contribution in [2.75, 3.05) is 20.8 Å². The maximum Gasteiger partial charge on any atom is 0.254 e. The summed E-state index contributed by atoms with van der Waals surface area (Å²) in [5.74, 6) is 1.40. The second-order valence-corrected chi connectivity index (χ2v) is 7.36. The second-order valence-electron chi connectivity index (χ2n) is 7.36. The molecule has 1 heterocycles. The number of methoxy groups -OCH3 is 2. The number of nitrogens with one attached hydrogen (secondary N) is 1. The Balaban J connectivity index is 1.41. The van der Waals surface area contributed by atoms with Crippen molar-refractivity contribution in [2.24, 2.45) is 5.92 Å². The van der Waals surface area contributed by atoms with Crippen LogP contribution < -0.4 is 14.8 Å². The van der Waals surface area contributed by atoms with Crippen LogP contribution in [0.2, 0.25) is 0 Å². The Hall–Kier alpha value is -3.02. The normalized spacial score (nSPS) is 22.8. The number of likely N-dealkylation sites (tertiary alicyclic amines) is 1. The molecule has 6 nitrogen and oxygen atoms in total. The Morgan fingerprint density at radius 1 is 0.964 bits per heavy atom. The average Bonchev–Trinajstić information content (AvgIpc) is 3.33. The van der Waals surface area contributed by atoms with Gasteiger partial charge < -0.3 is 19.7 Å². The number of carbonyl (C=O) groups is 2. The second kappa shape index (κ2) is 7.54. The number of benzene rings is 2. The monoisotopic (exact) mass is 380 g/mol. The van der Waals surface area contributed by atoms with Crippen molar-refractivity contribution in [3.05, 3.63) is 59.7 Å². The Morgan fingerprint density at radius 2 is 1.71 bits per heavy atom. The first-order valence-electron chi connectivity index (χ1n) is 9.49. The number of carbonyl (C=O) groups excluding carboxylic acids is 2. The minimum atomic E-state index is -0.0454. The van der Waals surface area contributed by atoms with Gasteiger partial charge in [-0.3, -0.25) is 9.59 Å². The number of fused-ring (bicyclic) bond motifs is 2. The van der Waals surface area contributed by atoms with Crippen LogP contribution in [-0.2, 0) is 0 Å². The average molecular weight is 380 g/mol. The molecule has 2 aliphatic rings. The van der Waals surface area contributed by atoms with E-state index < -0.39 is 0 Å². The smallest absolute Gasteiger partial charge is 0.254 e. The summed E-state index contributed by atoms with van der Waals surface area (Å²) in [6.45, 7) is 0.664. The first-order valence-corrected chi connectivity index (χ1v) is 9.49. The molecule has 4 rings (SSSR count). The molecule has 1 saturated heterocycles. The zero-order valence-corrected chi connectivity index (χ0v) is 16.1. The van der Waals surface area contributed by atoms with Crippen LogP contribution >= 0.6 is 0 Å². The molecule has 2 aromatic rings. The van der Waals surface area contributed by atoms with Gasteiger partial charge in [0.05, 0.1) is 14.2 Å². The van der Waals surface area contributed by atoms with Gasteiger partial charge in [-0.2, -0.15) is 0 Å². The third kappa shape index (κ3) is 3.30. The van der Waals surface area contributed by atoms with Crippen LogP contribution in [0.3, 0.4) is 0 Å².